The van der Waals surface area contributed by atoms with Gasteiger partial charge in [0.15, 0.2) is 0 Å². The molecule has 0 aromatic heterocycles. The van der Waals surface area contributed by atoms with Gasteiger partial charge >= 0.3 is 137 Å². The normalized spacial score (nSPS) is 24.6. The summed E-state index contributed by atoms with van der Waals surface area (Å²) in [6.07, 6.45) is 0. The molecule has 106 valence electrons. The van der Waals surface area contributed by atoms with Crippen LogP contribution >= 0.6 is 0 Å². The third kappa shape index (κ3) is 1.70. The second kappa shape index (κ2) is 4.84. The molecule has 6 rings (SSSR count). The van der Waals surface area contributed by atoms with Gasteiger partial charge in [-0.15, -0.1) is 0 Å². The summed E-state index contributed by atoms with van der Waals surface area (Å²) in [4.78, 5) is 1.29. The first-order valence-corrected chi connectivity index (χ1v) is 9.79. The van der Waals surface area contributed by atoms with Crippen LogP contribution in [0.15, 0.2) is 78.9 Å². The van der Waals surface area contributed by atoms with E-state index in [4.69, 9.17) is 0 Å². The van der Waals surface area contributed by atoms with E-state index in [1.165, 1.54) is 5.56 Å². The van der Waals surface area contributed by atoms with Gasteiger partial charge in [0.05, 0.1) is 0 Å². The maximum absolute atomic E-state index is 2.36. The molecular weight excluding hydrogens is 331 g/mol. The van der Waals surface area contributed by atoms with Crippen molar-refractivity contribution >= 4 is 15.0 Å². The Morgan fingerprint density at radius 2 is 1.05 bits per heavy atom. The summed E-state index contributed by atoms with van der Waals surface area (Å²) in [6, 6.07) is 29.4. The molecule has 0 spiro atoms. The summed E-state index contributed by atoms with van der Waals surface area (Å²) in [7, 11) is 0. The van der Waals surface area contributed by atoms with E-state index in [1.807, 2.05) is 0 Å². The molecule has 0 fully saturated rings. The zero-order valence-electron chi connectivity index (χ0n) is 12.1. The molecule has 22 heavy (non-hydrogen) atoms. The van der Waals surface area contributed by atoms with Crippen molar-refractivity contribution in [2.75, 3.05) is 0 Å². The second-order valence-corrected chi connectivity index (χ2v) is 8.71. The molecule has 0 saturated heterocycles. The van der Waals surface area contributed by atoms with Gasteiger partial charge < -0.3 is 0 Å². The molecule has 1 aliphatic carbocycles. The van der Waals surface area contributed by atoms with Gasteiger partial charge in [0.2, 0.25) is 0 Å². The predicted octanol–water partition coefficient (Wildman–Crippen LogP) is 4.68. The van der Waals surface area contributed by atoms with Gasteiger partial charge in [-0.3, -0.25) is 0 Å². The molecule has 1 heteroatoms. The summed E-state index contributed by atoms with van der Waals surface area (Å²) in [6.45, 7) is 0. The number of hydrogen-bond acceptors (Lipinski definition) is 0. The van der Waals surface area contributed by atoms with Crippen LogP contribution < -0.4 is 0 Å². The number of rotatable bonds is 1. The van der Waals surface area contributed by atoms with Gasteiger partial charge in [-0.05, 0) is 0 Å². The second-order valence-electron chi connectivity index (χ2n) is 6.08. The average molecular weight is 347 g/mol. The van der Waals surface area contributed by atoms with Crippen molar-refractivity contribution in [3.8, 4) is 0 Å². The maximum atomic E-state index is 2.36. The van der Waals surface area contributed by atoms with Crippen molar-refractivity contribution in [2.24, 2.45) is 0 Å². The Balaban J connectivity index is 1.76. The van der Waals surface area contributed by atoms with Crippen LogP contribution in [0.1, 0.15) is 43.4 Å². The van der Waals surface area contributed by atoms with Crippen molar-refractivity contribution in [2.45, 2.75) is 15.6 Å². The molecule has 0 N–H and O–H groups in total. The Labute approximate surface area is 137 Å². The van der Waals surface area contributed by atoms with Crippen LogP contribution in [0.2, 0.25) is 0 Å². The first-order valence-electron chi connectivity index (χ1n) is 7.81. The van der Waals surface area contributed by atoms with Crippen LogP contribution in [-0.2, 0) is 0 Å². The van der Waals surface area contributed by atoms with Crippen molar-refractivity contribution in [3.63, 3.8) is 0 Å². The molecule has 3 aliphatic rings. The van der Waals surface area contributed by atoms with Crippen LogP contribution in [0, 0.1) is 0 Å². The van der Waals surface area contributed by atoms with Crippen LogP contribution in [0.4, 0.5) is 0 Å². The van der Waals surface area contributed by atoms with Crippen molar-refractivity contribution in [3.05, 3.63) is 107 Å². The standard InChI is InChI=1S/C21H16Se/c1-2-8-14(9-3-1)20-19-15-10-4-6-12-17(15)21(22-20)18-13-7-5-11-16(18)19/h1-13,19-21H. The third-order valence-electron chi connectivity index (χ3n) is 4.94. The van der Waals surface area contributed by atoms with Gasteiger partial charge in [0.25, 0.3) is 0 Å². The Bertz CT molecular complexity index is 790. The van der Waals surface area contributed by atoms with Crippen molar-refractivity contribution in [1.29, 1.82) is 0 Å². The minimum absolute atomic E-state index is 0.541. The summed E-state index contributed by atoms with van der Waals surface area (Å²) in [5, 5.41) is 0. The molecule has 3 aromatic rings. The molecule has 2 bridgehead atoms. The summed E-state index contributed by atoms with van der Waals surface area (Å²) in [5.74, 6) is 0.541. The fourth-order valence-corrected chi connectivity index (χ4v) is 7.75. The topological polar surface area (TPSA) is 0 Å². The number of hydrogen-bond donors (Lipinski definition) is 0. The summed E-state index contributed by atoms with van der Waals surface area (Å²) < 4.78 is 0. The Kier molecular flexibility index (Phi) is 2.79. The molecule has 1 atom stereocenters. The molecule has 2 heterocycles. The molecule has 1 unspecified atom stereocenters. The minimum atomic E-state index is 0.541. The van der Waals surface area contributed by atoms with E-state index in [2.05, 4.69) is 78.9 Å². The summed E-state index contributed by atoms with van der Waals surface area (Å²) in [5.41, 5.74) is 7.81. The quantitative estimate of drug-likeness (QED) is 0.561. The molecule has 0 saturated carbocycles. The van der Waals surface area contributed by atoms with Gasteiger partial charge in [-0.1, -0.05) is 0 Å². The molecule has 0 radical (unpaired) electrons. The van der Waals surface area contributed by atoms with E-state index >= 15 is 0 Å². The fourth-order valence-electron chi connectivity index (χ4n) is 4.01. The van der Waals surface area contributed by atoms with Gasteiger partial charge in [0, 0.05) is 0 Å². The van der Waals surface area contributed by atoms with Crippen LogP contribution in [-0.4, -0.2) is 15.0 Å². The molecule has 0 amide bonds. The van der Waals surface area contributed by atoms with Gasteiger partial charge in [-0.25, -0.2) is 0 Å². The van der Waals surface area contributed by atoms with Crippen molar-refractivity contribution < 1.29 is 0 Å². The SMILES string of the molecule is c1ccc(C2[Se]C3c4ccccc4C2c2ccccc23)cc1. The monoisotopic (exact) mass is 348 g/mol. The van der Waals surface area contributed by atoms with Crippen LogP contribution in [0.25, 0.3) is 0 Å². The van der Waals surface area contributed by atoms with Crippen LogP contribution in [0.5, 0.6) is 0 Å². The zero-order valence-corrected chi connectivity index (χ0v) is 13.9. The third-order valence-corrected chi connectivity index (χ3v) is 8.33. The Hall–Kier alpha value is -1.82. The first kappa shape index (κ1) is 12.7. The number of benzene rings is 3. The van der Waals surface area contributed by atoms with Crippen molar-refractivity contribution in [1.82, 2.24) is 0 Å². The Morgan fingerprint density at radius 1 is 0.545 bits per heavy atom. The molecule has 0 nitrogen and oxygen atoms in total. The summed E-state index contributed by atoms with van der Waals surface area (Å²) >= 11 is 0.578. The first-order chi connectivity index (χ1) is 10.9. The molecular formula is C21H16Se. The molecule has 3 aromatic carbocycles. The van der Waals surface area contributed by atoms with E-state index in [0.29, 0.717) is 30.5 Å². The number of fused-ring (bicyclic) bond motifs is 1. The zero-order chi connectivity index (χ0) is 14.5. The van der Waals surface area contributed by atoms with Crippen LogP contribution in [0.3, 0.4) is 0 Å². The average Bonchev–Trinajstić information content (AvgIpc) is 2.62. The van der Waals surface area contributed by atoms with E-state index in [1.54, 1.807) is 22.3 Å². The van der Waals surface area contributed by atoms with Gasteiger partial charge in [-0.2, -0.15) is 0 Å². The van der Waals surface area contributed by atoms with E-state index < -0.39 is 0 Å². The van der Waals surface area contributed by atoms with E-state index in [9.17, 15) is 0 Å². The van der Waals surface area contributed by atoms with Gasteiger partial charge in [0.1, 0.15) is 0 Å². The van der Waals surface area contributed by atoms with E-state index in [0.717, 1.165) is 0 Å². The fraction of sp³-hybridized carbons (Fsp3) is 0.143. The predicted molar refractivity (Wildman–Crippen MR) is 91.5 cm³/mol. The Morgan fingerprint density at radius 3 is 1.64 bits per heavy atom. The van der Waals surface area contributed by atoms with E-state index in [-0.39, 0.29) is 0 Å². The molecule has 2 aliphatic heterocycles.